The smallest absolute Gasteiger partial charge is 0.322 e. The number of aromatic nitrogens is 3. The van der Waals surface area contributed by atoms with E-state index in [1.54, 1.807) is 42.6 Å². The Morgan fingerprint density at radius 1 is 1.04 bits per heavy atom. The number of carbonyl (C=O) groups is 1. The predicted molar refractivity (Wildman–Crippen MR) is 101 cm³/mol. The van der Waals surface area contributed by atoms with E-state index in [4.69, 9.17) is 28.3 Å². The standard InChI is InChI=1S/C17H13Cl2N5O2/c18-10-5-11(19)7-12(6-10)22-15-8-14(13-3-1-2-4-20-13)23-17(24-15)21-9-16(25)26/h1-8H,9H2,(H,25,26)(H2,21,22,23,24). The molecule has 3 aromatic rings. The summed E-state index contributed by atoms with van der Waals surface area (Å²) in [6, 6.07) is 12.1. The summed E-state index contributed by atoms with van der Waals surface area (Å²) in [7, 11) is 0. The highest BCUT2D eigenvalue weighted by atomic mass is 35.5. The molecule has 0 unspecified atom stereocenters. The fourth-order valence-electron chi connectivity index (χ4n) is 2.16. The summed E-state index contributed by atoms with van der Waals surface area (Å²) in [5, 5.41) is 15.6. The van der Waals surface area contributed by atoms with Gasteiger partial charge in [-0.3, -0.25) is 9.78 Å². The average molecular weight is 390 g/mol. The number of nitrogens with zero attached hydrogens (tertiary/aromatic N) is 3. The highest BCUT2D eigenvalue weighted by Crippen LogP contribution is 2.26. The van der Waals surface area contributed by atoms with E-state index in [2.05, 4.69) is 25.6 Å². The summed E-state index contributed by atoms with van der Waals surface area (Å²) in [6.07, 6.45) is 1.64. The lowest BCUT2D eigenvalue weighted by Crippen LogP contribution is -2.15. The van der Waals surface area contributed by atoms with Crippen molar-refractivity contribution in [1.29, 1.82) is 0 Å². The van der Waals surface area contributed by atoms with Gasteiger partial charge in [-0.15, -0.1) is 0 Å². The van der Waals surface area contributed by atoms with Gasteiger partial charge in [-0.1, -0.05) is 29.3 Å². The molecule has 2 aromatic heterocycles. The van der Waals surface area contributed by atoms with Crippen LogP contribution in [0.3, 0.4) is 0 Å². The third-order valence-corrected chi connectivity index (χ3v) is 3.62. The number of benzene rings is 1. The Balaban J connectivity index is 1.97. The van der Waals surface area contributed by atoms with Crippen molar-refractivity contribution in [2.75, 3.05) is 17.2 Å². The van der Waals surface area contributed by atoms with Crippen LogP contribution in [0.5, 0.6) is 0 Å². The second-order valence-electron chi connectivity index (χ2n) is 5.21. The van der Waals surface area contributed by atoms with E-state index in [1.807, 2.05) is 6.07 Å². The van der Waals surface area contributed by atoms with Gasteiger partial charge in [0.1, 0.15) is 12.4 Å². The van der Waals surface area contributed by atoms with E-state index in [-0.39, 0.29) is 12.5 Å². The Morgan fingerprint density at radius 2 is 1.81 bits per heavy atom. The summed E-state index contributed by atoms with van der Waals surface area (Å²) in [5.74, 6) is -0.425. The lowest BCUT2D eigenvalue weighted by atomic mass is 10.2. The molecule has 2 heterocycles. The number of halogens is 2. The van der Waals surface area contributed by atoms with Gasteiger partial charge < -0.3 is 15.7 Å². The van der Waals surface area contributed by atoms with Gasteiger partial charge in [0.05, 0.1) is 11.4 Å². The summed E-state index contributed by atoms with van der Waals surface area (Å²) in [6.45, 7) is -0.311. The largest absolute Gasteiger partial charge is 0.480 e. The van der Waals surface area contributed by atoms with Crippen molar-refractivity contribution in [3.8, 4) is 11.4 Å². The molecule has 0 saturated heterocycles. The van der Waals surface area contributed by atoms with Gasteiger partial charge >= 0.3 is 5.97 Å². The summed E-state index contributed by atoms with van der Waals surface area (Å²) < 4.78 is 0. The van der Waals surface area contributed by atoms with Gasteiger partial charge in [0.25, 0.3) is 0 Å². The first-order valence-corrected chi connectivity index (χ1v) is 8.24. The van der Waals surface area contributed by atoms with Gasteiger partial charge in [-0.25, -0.2) is 4.98 Å². The molecule has 0 spiro atoms. The molecule has 0 bridgehead atoms. The molecular formula is C17H13Cl2N5O2. The zero-order valence-electron chi connectivity index (χ0n) is 13.3. The second-order valence-corrected chi connectivity index (χ2v) is 6.08. The number of hydrogen-bond donors (Lipinski definition) is 3. The number of nitrogens with one attached hydrogen (secondary N) is 2. The first-order chi connectivity index (χ1) is 12.5. The van der Waals surface area contributed by atoms with Crippen LogP contribution in [-0.4, -0.2) is 32.6 Å². The highest BCUT2D eigenvalue weighted by molar-refractivity contribution is 6.35. The van der Waals surface area contributed by atoms with Gasteiger partial charge in [-0.05, 0) is 30.3 Å². The molecule has 132 valence electrons. The quantitative estimate of drug-likeness (QED) is 0.583. The summed E-state index contributed by atoms with van der Waals surface area (Å²) >= 11 is 12.0. The first kappa shape index (κ1) is 17.9. The van der Waals surface area contributed by atoms with Crippen molar-refractivity contribution in [2.24, 2.45) is 0 Å². The molecule has 3 rings (SSSR count). The van der Waals surface area contributed by atoms with Gasteiger partial charge in [0.15, 0.2) is 0 Å². The number of anilines is 3. The van der Waals surface area contributed by atoms with Gasteiger partial charge in [0.2, 0.25) is 5.95 Å². The molecule has 0 aliphatic carbocycles. The normalized spacial score (nSPS) is 10.4. The van der Waals surface area contributed by atoms with Crippen molar-refractivity contribution in [3.63, 3.8) is 0 Å². The maximum atomic E-state index is 10.8. The van der Waals surface area contributed by atoms with E-state index < -0.39 is 5.97 Å². The van der Waals surface area contributed by atoms with Gasteiger partial charge in [0, 0.05) is 28.0 Å². The molecule has 0 aliphatic heterocycles. The molecule has 0 aliphatic rings. The Hall–Kier alpha value is -2.90. The minimum absolute atomic E-state index is 0.158. The molecule has 3 N–H and O–H groups in total. The van der Waals surface area contributed by atoms with Crippen molar-refractivity contribution in [2.45, 2.75) is 0 Å². The van der Waals surface area contributed by atoms with Crippen LogP contribution in [0.4, 0.5) is 17.5 Å². The number of pyridine rings is 1. The van der Waals surface area contributed by atoms with Crippen LogP contribution in [-0.2, 0) is 4.79 Å². The lowest BCUT2D eigenvalue weighted by Gasteiger charge is -2.11. The Morgan fingerprint density at radius 3 is 2.46 bits per heavy atom. The van der Waals surface area contributed by atoms with Crippen molar-refractivity contribution >= 4 is 46.6 Å². The molecule has 26 heavy (non-hydrogen) atoms. The molecule has 0 fully saturated rings. The summed E-state index contributed by atoms with van der Waals surface area (Å²) in [5.41, 5.74) is 1.79. The van der Waals surface area contributed by atoms with Crippen LogP contribution in [0, 0.1) is 0 Å². The number of carboxylic acids is 1. The zero-order chi connectivity index (χ0) is 18.5. The molecule has 9 heteroatoms. The van der Waals surface area contributed by atoms with Crippen LogP contribution < -0.4 is 10.6 Å². The fraction of sp³-hybridized carbons (Fsp3) is 0.0588. The van der Waals surface area contributed by atoms with E-state index in [9.17, 15) is 4.79 Å². The minimum Gasteiger partial charge on any atom is -0.480 e. The third-order valence-electron chi connectivity index (χ3n) is 3.19. The Labute approximate surface area is 159 Å². The van der Waals surface area contributed by atoms with Crippen LogP contribution in [0.25, 0.3) is 11.4 Å². The molecule has 0 radical (unpaired) electrons. The fourth-order valence-corrected chi connectivity index (χ4v) is 2.69. The number of hydrogen-bond acceptors (Lipinski definition) is 6. The average Bonchev–Trinajstić information content (AvgIpc) is 2.59. The molecule has 0 saturated carbocycles. The highest BCUT2D eigenvalue weighted by Gasteiger charge is 2.09. The van der Waals surface area contributed by atoms with Crippen molar-refractivity contribution in [3.05, 3.63) is 58.7 Å². The first-order valence-electron chi connectivity index (χ1n) is 7.49. The number of rotatable bonds is 6. The number of aliphatic carboxylic acids is 1. The predicted octanol–water partition coefficient (Wildman–Crippen LogP) is 4.09. The van der Waals surface area contributed by atoms with Crippen LogP contribution in [0.1, 0.15) is 0 Å². The molecule has 1 aromatic carbocycles. The Bertz CT molecular complexity index is 917. The molecule has 0 atom stereocenters. The van der Waals surface area contributed by atoms with Crippen LogP contribution >= 0.6 is 23.2 Å². The van der Waals surface area contributed by atoms with Crippen molar-refractivity contribution in [1.82, 2.24) is 15.0 Å². The van der Waals surface area contributed by atoms with E-state index in [0.29, 0.717) is 32.9 Å². The van der Waals surface area contributed by atoms with Crippen LogP contribution in [0.2, 0.25) is 10.0 Å². The minimum atomic E-state index is -1.02. The maximum Gasteiger partial charge on any atom is 0.322 e. The molecule has 7 nitrogen and oxygen atoms in total. The topological polar surface area (TPSA) is 100 Å². The van der Waals surface area contributed by atoms with E-state index >= 15 is 0 Å². The zero-order valence-corrected chi connectivity index (χ0v) is 14.8. The van der Waals surface area contributed by atoms with E-state index in [0.717, 1.165) is 0 Å². The van der Waals surface area contributed by atoms with Gasteiger partial charge in [-0.2, -0.15) is 4.98 Å². The number of carboxylic acid groups (broad SMARTS) is 1. The lowest BCUT2D eigenvalue weighted by molar-refractivity contribution is -0.134. The molecular weight excluding hydrogens is 377 g/mol. The monoisotopic (exact) mass is 389 g/mol. The summed E-state index contributed by atoms with van der Waals surface area (Å²) in [4.78, 5) is 23.6. The SMILES string of the molecule is O=C(O)CNc1nc(Nc2cc(Cl)cc(Cl)c2)cc(-c2ccccn2)n1. The maximum absolute atomic E-state index is 10.8. The van der Waals surface area contributed by atoms with Crippen LogP contribution in [0.15, 0.2) is 48.7 Å². The second kappa shape index (κ2) is 7.99. The molecule has 0 amide bonds. The van der Waals surface area contributed by atoms with Crippen molar-refractivity contribution < 1.29 is 9.90 Å². The van der Waals surface area contributed by atoms with E-state index in [1.165, 1.54) is 0 Å². The third kappa shape index (κ3) is 4.81. The Kier molecular flexibility index (Phi) is 5.50.